The lowest BCUT2D eigenvalue weighted by atomic mass is 9.93. The zero-order chi connectivity index (χ0) is 26.3. The molecule has 2 aliphatic carbocycles. The summed E-state index contributed by atoms with van der Waals surface area (Å²) in [5, 5.41) is 4.56. The van der Waals surface area contributed by atoms with Gasteiger partial charge in [0.2, 0.25) is 0 Å². The van der Waals surface area contributed by atoms with Crippen LogP contribution in [0.25, 0.3) is 0 Å². The maximum atomic E-state index is 13.5. The number of carbonyl (C=O) groups is 1. The molecule has 200 valence electrons. The Morgan fingerprint density at radius 3 is 2.66 bits per heavy atom. The fourth-order valence-corrected chi connectivity index (χ4v) is 6.81. The predicted octanol–water partition coefficient (Wildman–Crippen LogP) is 8.07. The van der Waals surface area contributed by atoms with Gasteiger partial charge in [0, 0.05) is 17.1 Å². The van der Waals surface area contributed by atoms with Gasteiger partial charge in [-0.05, 0) is 74.3 Å². The van der Waals surface area contributed by atoms with E-state index in [9.17, 15) is 4.79 Å². The molecule has 1 amide bonds. The Balaban J connectivity index is 1.40. The molecule has 1 aromatic heterocycles. The summed E-state index contributed by atoms with van der Waals surface area (Å²) >= 11 is 8.31. The monoisotopic (exact) mass is 550 g/mol. The average Bonchev–Trinajstić information content (AvgIpc) is 3.31. The van der Waals surface area contributed by atoms with Crippen molar-refractivity contribution in [2.24, 2.45) is 4.99 Å². The number of nitrogens with zero attached hydrogens (tertiary/aromatic N) is 1. The molecule has 0 aliphatic heterocycles. The van der Waals surface area contributed by atoms with Crippen molar-refractivity contribution >= 4 is 40.1 Å². The molecule has 0 spiro atoms. The van der Waals surface area contributed by atoms with Gasteiger partial charge < -0.3 is 14.8 Å². The normalized spacial score (nSPS) is 15.8. The van der Waals surface area contributed by atoms with Gasteiger partial charge in [-0.15, -0.1) is 11.3 Å². The summed E-state index contributed by atoms with van der Waals surface area (Å²) < 4.78 is 11.9. The first-order valence-corrected chi connectivity index (χ1v) is 14.9. The third-order valence-electron chi connectivity index (χ3n) is 7.21. The van der Waals surface area contributed by atoms with Crippen LogP contribution in [0.3, 0.4) is 0 Å². The Labute approximate surface area is 234 Å². The van der Waals surface area contributed by atoms with Crippen LogP contribution in [0, 0.1) is 0 Å². The number of ether oxygens (including phenoxy) is 2. The fourth-order valence-electron chi connectivity index (χ4n) is 5.31. The first kappa shape index (κ1) is 26.8. The molecule has 0 bridgehead atoms. The number of carbonyl (C=O) groups excluding carboxylic acids is 1. The van der Waals surface area contributed by atoms with Crippen molar-refractivity contribution in [1.29, 1.82) is 0 Å². The van der Waals surface area contributed by atoms with Gasteiger partial charge in [0.25, 0.3) is 5.91 Å². The summed E-state index contributed by atoms with van der Waals surface area (Å²) in [6, 6.07) is 14.0. The molecule has 0 radical (unpaired) electrons. The van der Waals surface area contributed by atoms with E-state index >= 15 is 0 Å². The van der Waals surface area contributed by atoms with Crippen molar-refractivity contribution in [3.05, 3.63) is 74.6 Å². The zero-order valence-electron chi connectivity index (χ0n) is 21.9. The van der Waals surface area contributed by atoms with Crippen LogP contribution in [0.5, 0.6) is 11.5 Å². The maximum absolute atomic E-state index is 13.5. The van der Waals surface area contributed by atoms with Gasteiger partial charge in [-0.25, -0.2) is 4.99 Å². The molecular weight excluding hydrogens is 516 g/mol. The molecular formula is C31H35ClN2O3S. The Kier molecular flexibility index (Phi) is 9.02. The quantitative estimate of drug-likeness (QED) is 0.274. The Morgan fingerprint density at radius 2 is 1.87 bits per heavy atom. The average molecular weight is 551 g/mol. The molecule has 1 fully saturated rings. The van der Waals surface area contributed by atoms with Crippen LogP contribution in [0.1, 0.15) is 83.8 Å². The minimum absolute atomic E-state index is 0.0288. The highest BCUT2D eigenvalue weighted by Gasteiger charge is 2.27. The van der Waals surface area contributed by atoms with Crippen LogP contribution >= 0.6 is 22.9 Å². The first-order chi connectivity index (χ1) is 18.6. The SMILES string of the molecule is CCOc1cc(/C=N\c2sc3c(c2C(=O)NC2CCCCC2)CCCC3)cc(Cl)c1OCc1ccccc1. The van der Waals surface area contributed by atoms with Crippen molar-refractivity contribution in [3.8, 4) is 11.5 Å². The number of hydrogen-bond donors (Lipinski definition) is 1. The van der Waals surface area contributed by atoms with Crippen molar-refractivity contribution in [3.63, 3.8) is 0 Å². The summed E-state index contributed by atoms with van der Waals surface area (Å²) in [5.74, 6) is 1.13. The lowest BCUT2D eigenvalue weighted by Gasteiger charge is -2.23. The molecule has 38 heavy (non-hydrogen) atoms. The van der Waals surface area contributed by atoms with E-state index in [1.165, 1.54) is 29.7 Å². The van der Waals surface area contributed by atoms with Crippen LogP contribution in [-0.4, -0.2) is 24.8 Å². The first-order valence-electron chi connectivity index (χ1n) is 13.7. The predicted molar refractivity (Wildman–Crippen MR) is 156 cm³/mol. The largest absolute Gasteiger partial charge is 0.490 e. The Hall–Kier alpha value is -2.83. The summed E-state index contributed by atoms with van der Waals surface area (Å²) in [7, 11) is 0. The molecule has 1 saturated carbocycles. The molecule has 1 heterocycles. The van der Waals surface area contributed by atoms with Crippen LogP contribution in [-0.2, 0) is 19.4 Å². The molecule has 5 nitrogen and oxygen atoms in total. The number of halogens is 1. The molecule has 7 heteroatoms. The molecule has 0 unspecified atom stereocenters. The number of hydrogen-bond acceptors (Lipinski definition) is 5. The second-order valence-corrected chi connectivity index (χ2v) is 11.5. The number of aliphatic imine (C=N–C) groups is 1. The van der Waals surface area contributed by atoms with Crippen molar-refractivity contribution in [2.75, 3.05) is 6.61 Å². The topological polar surface area (TPSA) is 59.9 Å². The lowest BCUT2D eigenvalue weighted by molar-refractivity contribution is 0.0927. The molecule has 2 aromatic carbocycles. The molecule has 2 aliphatic rings. The number of amides is 1. The smallest absolute Gasteiger partial charge is 0.254 e. The van der Waals surface area contributed by atoms with E-state index < -0.39 is 0 Å². The van der Waals surface area contributed by atoms with E-state index in [1.807, 2.05) is 49.4 Å². The van der Waals surface area contributed by atoms with Gasteiger partial charge >= 0.3 is 0 Å². The van der Waals surface area contributed by atoms with Crippen molar-refractivity contribution in [2.45, 2.75) is 77.4 Å². The van der Waals surface area contributed by atoms with Crippen molar-refractivity contribution in [1.82, 2.24) is 5.32 Å². The third kappa shape index (κ3) is 6.41. The minimum atomic E-state index is 0.0288. The second-order valence-electron chi connectivity index (χ2n) is 9.99. The van der Waals surface area contributed by atoms with Crippen LogP contribution in [0.2, 0.25) is 5.02 Å². The van der Waals surface area contributed by atoms with Gasteiger partial charge in [-0.3, -0.25) is 4.79 Å². The molecule has 5 rings (SSSR count). The van der Waals surface area contributed by atoms with Gasteiger partial charge in [0.05, 0.1) is 17.2 Å². The molecule has 1 N–H and O–H groups in total. The van der Waals surface area contributed by atoms with E-state index in [4.69, 9.17) is 26.1 Å². The fraction of sp³-hybridized carbons (Fsp3) is 0.419. The number of rotatable bonds is 9. The second kappa shape index (κ2) is 12.8. The van der Waals surface area contributed by atoms with E-state index in [0.717, 1.165) is 60.2 Å². The highest BCUT2D eigenvalue weighted by Crippen LogP contribution is 2.41. The summed E-state index contributed by atoms with van der Waals surface area (Å²) in [6.45, 7) is 2.82. The number of benzene rings is 2. The van der Waals surface area contributed by atoms with Crippen LogP contribution in [0.15, 0.2) is 47.5 Å². The van der Waals surface area contributed by atoms with Crippen LogP contribution < -0.4 is 14.8 Å². The summed E-state index contributed by atoms with van der Waals surface area (Å²) in [5.41, 5.74) is 3.82. The third-order valence-corrected chi connectivity index (χ3v) is 8.69. The van der Waals surface area contributed by atoms with E-state index in [2.05, 4.69) is 5.32 Å². The number of fused-ring (bicyclic) bond motifs is 1. The van der Waals surface area contributed by atoms with Crippen LogP contribution in [0.4, 0.5) is 5.00 Å². The zero-order valence-corrected chi connectivity index (χ0v) is 23.5. The highest BCUT2D eigenvalue weighted by atomic mass is 35.5. The molecule has 0 atom stereocenters. The van der Waals surface area contributed by atoms with Gasteiger partial charge in [-0.1, -0.05) is 61.2 Å². The number of nitrogens with one attached hydrogen (secondary N) is 1. The Bertz CT molecular complexity index is 1280. The molecule has 3 aromatic rings. The number of aryl methyl sites for hydroxylation is 1. The van der Waals surface area contributed by atoms with E-state index in [-0.39, 0.29) is 11.9 Å². The number of thiophene rings is 1. The maximum Gasteiger partial charge on any atom is 0.254 e. The summed E-state index contributed by atoms with van der Waals surface area (Å²) in [6.07, 6.45) is 11.8. The highest BCUT2D eigenvalue weighted by molar-refractivity contribution is 7.16. The lowest BCUT2D eigenvalue weighted by Crippen LogP contribution is -2.36. The van der Waals surface area contributed by atoms with Gasteiger partial charge in [0.15, 0.2) is 11.5 Å². The van der Waals surface area contributed by atoms with Gasteiger partial charge in [-0.2, -0.15) is 0 Å². The van der Waals surface area contributed by atoms with E-state index in [0.29, 0.717) is 29.7 Å². The molecule has 0 saturated heterocycles. The standard InChI is InChI=1S/C31H35ClN2O3S/c1-2-36-26-18-22(17-25(32)29(26)37-20-21-11-5-3-6-12-21)19-33-31-28(24-15-9-10-16-27(24)38-31)30(35)34-23-13-7-4-8-14-23/h3,5-6,11-12,17-19,23H,2,4,7-10,13-16,20H2,1H3,(H,34,35)/b33-19-. The Morgan fingerprint density at radius 1 is 1.08 bits per heavy atom. The summed E-state index contributed by atoms with van der Waals surface area (Å²) in [4.78, 5) is 19.6. The van der Waals surface area contributed by atoms with Gasteiger partial charge in [0.1, 0.15) is 11.6 Å². The minimum Gasteiger partial charge on any atom is -0.490 e. The van der Waals surface area contributed by atoms with Crippen molar-refractivity contribution < 1.29 is 14.3 Å². The van der Waals surface area contributed by atoms with E-state index in [1.54, 1.807) is 17.6 Å².